The third kappa shape index (κ3) is 4.56. The van der Waals surface area contributed by atoms with Gasteiger partial charge in [-0.1, -0.05) is 6.07 Å². The first kappa shape index (κ1) is 19.4. The Balaban J connectivity index is 2.07. The van der Waals surface area contributed by atoms with Gasteiger partial charge < -0.3 is 15.0 Å². The van der Waals surface area contributed by atoms with Gasteiger partial charge in [-0.05, 0) is 42.8 Å². The zero-order chi connectivity index (χ0) is 19.3. The Hall–Kier alpha value is -2.96. The molecule has 5 nitrogen and oxygen atoms in total. The van der Waals surface area contributed by atoms with Gasteiger partial charge in [0.2, 0.25) is 5.91 Å². The largest absolute Gasteiger partial charge is 0.495 e. The molecule has 0 aromatic heterocycles. The minimum Gasteiger partial charge on any atom is -0.495 e. The third-order valence-corrected chi connectivity index (χ3v) is 3.81. The van der Waals surface area contributed by atoms with Crippen LogP contribution in [0.2, 0.25) is 0 Å². The summed E-state index contributed by atoms with van der Waals surface area (Å²) in [5.74, 6) is -2.33. The predicted octanol–water partition coefficient (Wildman–Crippen LogP) is 3.06. The van der Waals surface area contributed by atoms with E-state index in [0.717, 1.165) is 17.7 Å². The third-order valence-electron chi connectivity index (χ3n) is 3.81. The summed E-state index contributed by atoms with van der Waals surface area (Å²) in [4.78, 5) is 25.5. The van der Waals surface area contributed by atoms with Gasteiger partial charge in [0.1, 0.15) is 5.75 Å². The van der Waals surface area contributed by atoms with E-state index in [1.807, 2.05) is 19.1 Å². The van der Waals surface area contributed by atoms with Crippen molar-refractivity contribution < 1.29 is 23.1 Å². The van der Waals surface area contributed by atoms with E-state index in [1.165, 1.54) is 25.0 Å². The molecule has 0 spiro atoms. The van der Waals surface area contributed by atoms with Gasteiger partial charge in [0.05, 0.1) is 12.8 Å². The number of nitrogens with zero attached hydrogens (tertiary/aromatic N) is 1. The van der Waals surface area contributed by atoms with Crippen molar-refractivity contribution in [3.63, 3.8) is 0 Å². The van der Waals surface area contributed by atoms with Crippen molar-refractivity contribution in [1.82, 2.24) is 5.32 Å². The standard InChI is InChI=1S/C19H20F2N2O3/c1-12-4-7-18(26-3)17(10-12)23(13(2)24)9-8-22-19(25)14-5-6-15(20)16(21)11-14/h4-7,10-11H,8-9H2,1-3H3,(H,22,25). The molecule has 0 aliphatic rings. The normalized spacial score (nSPS) is 10.3. The zero-order valence-electron chi connectivity index (χ0n) is 14.8. The van der Waals surface area contributed by atoms with Gasteiger partial charge >= 0.3 is 0 Å². The fourth-order valence-corrected chi connectivity index (χ4v) is 2.48. The molecule has 0 aliphatic carbocycles. The lowest BCUT2D eigenvalue weighted by Crippen LogP contribution is -2.37. The highest BCUT2D eigenvalue weighted by Gasteiger charge is 2.17. The van der Waals surface area contributed by atoms with Crippen LogP contribution >= 0.6 is 0 Å². The Bertz CT molecular complexity index is 824. The van der Waals surface area contributed by atoms with Crippen LogP contribution in [0.1, 0.15) is 22.8 Å². The van der Waals surface area contributed by atoms with E-state index in [2.05, 4.69) is 5.32 Å². The minimum absolute atomic E-state index is 0.00594. The number of carbonyl (C=O) groups excluding carboxylic acids is 2. The van der Waals surface area contributed by atoms with E-state index in [-0.39, 0.29) is 24.6 Å². The number of anilines is 1. The van der Waals surface area contributed by atoms with E-state index < -0.39 is 17.5 Å². The van der Waals surface area contributed by atoms with Crippen molar-refractivity contribution in [2.24, 2.45) is 0 Å². The second-order valence-corrected chi connectivity index (χ2v) is 5.73. The molecule has 2 aromatic carbocycles. The Labute approximate surface area is 150 Å². The molecule has 0 heterocycles. The van der Waals surface area contributed by atoms with Crippen LogP contribution in [0.25, 0.3) is 0 Å². The summed E-state index contributed by atoms with van der Waals surface area (Å²) in [6.45, 7) is 3.64. The number of halogens is 2. The molecule has 0 radical (unpaired) electrons. The van der Waals surface area contributed by atoms with Crippen molar-refractivity contribution in [1.29, 1.82) is 0 Å². The average Bonchev–Trinajstić information content (AvgIpc) is 2.60. The number of rotatable bonds is 6. The van der Waals surface area contributed by atoms with E-state index in [1.54, 1.807) is 6.07 Å². The lowest BCUT2D eigenvalue weighted by atomic mass is 10.2. The molecule has 26 heavy (non-hydrogen) atoms. The molecule has 0 aliphatic heterocycles. The number of hydrogen-bond donors (Lipinski definition) is 1. The first-order chi connectivity index (χ1) is 12.3. The summed E-state index contributed by atoms with van der Waals surface area (Å²) in [5, 5.41) is 2.59. The lowest BCUT2D eigenvalue weighted by Gasteiger charge is -2.24. The van der Waals surface area contributed by atoms with E-state index in [9.17, 15) is 18.4 Å². The number of methoxy groups -OCH3 is 1. The maximum atomic E-state index is 13.2. The molecule has 138 valence electrons. The summed E-state index contributed by atoms with van der Waals surface area (Å²) in [5.41, 5.74) is 1.56. The van der Waals surface area contributed by atoms with Gasteiger partial charge in [0.15, 0.2) is 11.6 Å². The molecule has 2 rings (SSSR count). The highest BCUT2D eigenvalue weighted by Crippen LogP contribution is 2.29. The molecule has 2 amide bonds. The van der Waals surface area contributed by atoms with Crippen LogP contribution < -0.4 is 15.0 Å². The number of amides is 2. The Morgan fingerprint density at radius 2 is 1.85 bits per heavy atom. The van der Waals surface area contributed by atoms with Gasteiger partial charge in [-0.15, -0.1) is 0 Å². The van der Waals surface area contributed by atoms with Crippen LogP contribution in [0.15, 0.2) is 36.4 Å². The smallest absolute Gasteiger partial charge is 0.251 e. The van der Waals surface area contributed by atoms with E-state index >= 15 is 0 Å². The summed E-state index contributed by atoms with van der Waals surface area (Å²) < 4.78 is 31.4. The maximum absolute atomic E-state index is 13.2. The van der Waals surface area contributed by atoms with Gasteiger partial charge in [-0.3, -0.25) is 9.59 Å². The molecule has 0 saturated carbocycles. The predicted molar refractivity (Wildman–Crippen MR) is 94.4 cm³/mol. The van der Waals surface area contributed by atoms with Crippen molar-refractivity contribution in [2.75, 3.05) is 25.1 Å². The van der Waals surface area contributed by atoms with Crippen LogP contribution in [0, 0.1) is 18.6 Å². The number of hydrogen-bond acceptors (Lipinski definition) is 3. The molecule has 0 bridgehead atoms. The van der Waals surface area contributed by atoms with Crippen molar-refractivity contribution in [3.05, 3.63) is 59.2 Å². The first-order valence-electron chi connectivity index (χ1n) is 7.99. The number of nitrogens with one attached hydrogen (secondary N) is 1. The van der Waals surface area contributed by atoms with Crippen molar-refractivity contribution in [2.45, 2.75) is 13.8 Å². The van der Waals surface area contributed by atoms with Crippen LogP contribution in [-0.2, 0) is 4.79 Å². The summed E-state index contributed by atoms with van der Waals surface area (Å²) in [6.07, 6.45) is 0. The molecular formula is C19H20F2N2O3. The average molecular weight is 362 g/mol. The topological polar surface area (TPSA) is 58.6 Å². The van der Waals surface area contributed by atoms with E-state index in [0.29, 0.717) is 11.4 Å². The molecule has 2 aromatic rings. The monoisotopic (exact) mass is 362 g/mol. The molecule has 0 atom stereocenters. The fraction of sp³-hybridized carbons (Fsp3) is 0.263. The molecule has 0 unspecified atom stereocenters. The van der Waals surface area contributed by atoms with Gasteiger partial charge in [-0.2, -0.15) is 0 Å². The highest BCUT2D eigenvalue weighted by molar-refractivity contribution is 5.95. The molecule has 0 saturated heterocycles. The van der Waals surface area contributed by atoms with E-state index in [4.69, 9.17) is 4.74 Å². The van der Waals surface area contributed by atoms with Gasteiger partial charge in [0.25, 0.3) is 5.91 Å². The van der Waals surface area contributed by atoms with Crippen LogP contribution in [-0.4, -0.2) is 32.0 Å². The Morgan fingerprint density at radius 3 is 2.46 bits per heavy atom. The molecule has 1 N–H and O–H groups in total. The summed E-state index contributed by atoms with van der Waals surface area (Å²) in [7, 11) is 1.51. The second-order valence-electron chi connectivity index (χ2n) is 5.73. The van der Waals surface area contributed by atoms with Crippen LogP contribution in [0.4, 0.5) is 14.5 Å². The zero-order valence-corrected chi connectivity index (χ0v) is 14.8. The SMILES string of the molecule is COc1ccc(C)cc1N(CCNC(=O)c1ccc(F)c(F)c1)C(C)=O. The summed E-state index contributed by atoms with van der Waals surface area (Å²) in [6, 6.07) is 8.37. The maximum Gasteiger partial charge on any atom is 0.251 e. The molecular weight excluding hydrogens is 342 g/mol. The highest BCUT2D eigenvalue weighted by atomic mass is 19.2. The quantitative estimate of drug-likeness (QED) is 0.859. The molecule has 0 fully saturated rings. The Morgan fingerprint density at radius 1 is 1.12 bits per heavy atom. The number of aryl methyl sites for hydroxylation is 1. The van der Waals surface area contributed by atoms with Crippen LogP contribution in [0.3, 0.4) is 0 Å². The van der Waals surface area contributed by atoms with Gasteiger partial charge in [0, 0.05) is 25.6 Å². The summed E-state index contributed by atoms with van der Waals surface area (Å²) >= 11 is 0. The minimum atomic E-state index is -1.09. The number of carbonyl (C=O) groups is 2. The fourth-order valence-electron chi connectivity index (χ4n) is 2.48. The lowest BCUT2D eigenvalue weighted by molar-refractivity contribution is -0.116. The van der Waals surface area contributed by atoms with Crippen molar-refractivity contribution in [3.8, 4) is 5.75 Å². The first-order valence-corrected chi connectivity index (χ1v) is 7.99. The van der Waals surface area contributed by atoms with Crippen LogP contribution in [0.5, 0.6) is 5.75 Å². The second kappa shape index (κ2) is 8.42. The number of benzene rings is 2. The van der Waals surface area contributed by atoms with Gasteiger partial charge in [-0.25, -0.2) is 8.78 Å². The Kier molecular flexibility index (Phi) is 6.27. The molecule has 7 heteroatoms. The number of ether oxygens (including phenoxy) is 1. The van der Waals surface area contributed by atoms with Crippen molar-refractivity contribution >= 4 is 17.5 Å².